The Bertz CT molecular complexity index is 1020. The highest BCUT2D eigenvalue weighted by Gasteiger charge is 2.42. The van der Waals surface area contributed by atoms with Gasteiger partial charge in [-0.1, -0.05) is 23.4 Å². The third kappa shape index (κ3) is 5.07. The first-order valence-corrected chi connectivity index (χ1v) is 13.9. The highest BCUT2D eigenvalue weighted by atomic mass is 35.5. The molecule has 10 heteroatoms. The number of pyridine rings is 1. The van der Waals surface area contributed by atoms with E-state index in [0.717, 1.165) is 73.2 Å². The molecule has 2 aliphatic heterocycles. The van der Waals surface area contributed by atoms with E-state index in [1.165, 1.54) is 11.8 Å². The standard InChI is InChI=1S/C23H29ClN4O3S2/c1-14-22(33-17-5-8-25-21(19(17)24)31-15-3-4-15)27-16(12-29)20(26-14)28-9-6-23(7-10-28)11-18(32-2)30-13-23/h5,8,15,18,29H,3-4,6-7,9-13H2,1-2H3/t18-/m0/s1. The summed E-state index contributed by atoms with van der Waals surface area (Å²) in [5, 5.41) is 11.3. The van der Waals surface area contributed by atoms with Crippen LogP contribution in [0.1, 0.15) is 43.5 Å². The minimum Gasteiger partial charge on any atom is -0.473 e. The van der Waals surface area contributed by atoms with Gasteiger partial charge in [0.1, 0.15) is 27.3 Å². The zero-order valence-corrected chi connectivity index (χ0v) is 21.3. The summed E-state index contributed by atoms with van der Waals surface area (Å²) in [6.07, 6.45) is 9.40. The average Bonchev–Trinajstić information content (AvgIpc) is 3.56. The maximum Gasteiger partial charge on any atom is 0.234 e. The van der Waals surface area contributed by atoms with E-state index in [0.29, 0.717) is 22.0 Å². The van der Waals surface area contributed by atoms with Crippen molar-refractivity contribution in [3.05, 3.63) is 28.7 Å². The maximum atomic E-state index is 10.1. The van der Waals surface area contributed by atoms with Gasteiger partial charge in [0.25, 0.3) is 0 Å². The third-order valence-electron chi connectivity index (χ3n) is 6.62. The predicted molar refractivity (Wildman–Crippen MR) is 131 cm³/mol. The lowest BCUT2D eigenvalue weighted by molar-refractivity contribution is 0.123. The second kappa shape index (κ2) is 9.77. The van der Waals surface area contributed by atoms with E-state index in [1.807, 2.05) is 13.0 Å². The Labute approximate surface area is 208 Å². The minimum atomic E-state index is -0.157. The van der Waals surface area contributed by atoms with Gasteiger partial charge in [-0.15, -0.1) is 11.8 Å². The van der Waals surface area contributed by atoms with Crippen LogP contribution in [0.5, 0.6) is 5.88 Å². The molecule has 1 atom stereocenters. The normalized spacial score (nSPS) is 22.2. The molecule has 0 amide bonds. The number of hydrogen-bond donors (Lipinski definition) is 1. The maximum absolute atomic E-state index is 10.1. The van der Waals surface area contributed by atoms with Crippen LogP contribution in [0.2, 0.25) is 5.02 Å². The van der Waals surface area contributed by atoms with Crippen LogP contribution in [0, 0.1) is 12.3 Å². The van der Waals surface area contributed by atoms with Crippen LogP contribution < -0.4 is 9.64 Å². The van der Waals surface area contributed by atoms with Crippen LogP contribution in [-0.4, -0.2) is 57.6 Å². The number of thioether (sulfide) groups is 1. The van der Waals surface area contributed by atoms with E-state index in [2.05, 4.69) is 16.1 Å². The largest absolute Gasteiger partial charge is 0.473 e. The first-order valence-electron chi connectivity index (χ1n) is 11.4. The molecule has 2 saturated heterocycles. The summed E-state index contributed by atoms with van der Waals surface area (Å²) in [6.45, 7) is 4.44. The van der Waals surface area contributed by atoms with Gasteiger partial charge in [-0.25, -0.2) is 15.0 Å². The molecule has 3 fully saturated rings. The molecule has 1 spiro atoms. The number of aliphatic hydroxyl groups excluding tert-OH is 1. The lowest BCUT2D eigenvalue weighted by Gasteiger charge is -2.39. The number of rotatable bonds is 7. The van der Waals surface area contributed by atoms with Gasteiger partial charge in [0, 0.05) is 29.6 Å². The topological polar surface area (TPSA) is 80.6 Å². The van der Waals surface area contributed by atoms with Gasteiger partial charge in [0.05, 0.1) is 18.9 Å². The van der Waals surface area contributed by atoms with E-state index >= 15 is 0 Å². The van der Waals surface area contributed by atoms with Crippen molar-refractivity contribution in [2.45, 2.75) is 67.1 Å². The van der Waals surface area contributed by atoms with Gasteiger partial charge < -0.3 is 19.5 Å². The highest BCUT2D eigenvalue weighted by Crippen LogP contribution is 2.45. The summed E-state index contributed by atoms with van der Waals surface area (Å²) in [5.41, 5.74) is 2.01. The number of piperidine rings is 1. The number of anilines is 1. The lowest BCUT2D eigenvalue weighted by atomic mass is 9.78. The van der Waals surface area contributed by atoms with Crippen molar-refractivity contribution < 1.29 is 14.6 Å². The second-order valence-electron chi connectivity index (χ2n) is 9.06. The fourth-order valence-corrected chi connectivity index (χ4v) is 6.29. The van der Waals surface area contributed by atoms with Crippen LogP contribution in [0.25, 0.3) is 0 Å². The minimum absolute atomic E-state index is 0.157. The van der Waals surface area contributed by atoms with Crippen LogP contribution in [0.4, 0.5) is 5.82 Å². The molecular weight excluding hydrogens is 480 g/mol. The zero-order valence-electron chi connectivity index (χ0n) is 18.9. The number of aromatic nitrogens is 3. The third-order valence-corrected chi connectivity index (χ3v) is 9.07. The molecule has 178 valence electrons. The Morgan fingerprint density at radius 3 is 2.76 bits per heavy atom. The van der Waals surface area contributed by atoms with Crippen molar-refractivity contribution in [1.29, 1.82) is 0 Å². The molecule has 0 unspecified atom stereocenters. The lowest BCUT2D eigenvalue weighted by Crippen LogP contribution is -2.41. The summed E-state index contributed by atoms with van der Waals surface area (Å²) in [4.78, 5) is 17.0. The Kier molecular flexibility index (Phi) is 6.96. The molecule has 2 aromatic rings. The molecule has 1 N–H and O–H groups in total. The van der Waals surface area contributed by atoms with Crippen molar-refractivity contribution in [2.24, 2.45) is 5.41 Å². The zero-order chi connectivity index (χ0) is 23.0. The van der Waals surface area contributed by atoms with Crippen molar-refractivity contribution in [3.8, 4) is 5.88 Å². The molecule has 1 aliphatic carbocycles. The Morgan fingerprint density at radius 1 is 1.30 bits per heavy atom. The van der Waals surface area contributed by atoms with Crippen molar-refractivity contribution in [3.63, 3.8) is 0 Å². The molecule has 7 nitrogen and oxygen atoms in total. The van der Waals surface area contributed by atoms with Gasteiger partial charge >= 0.3 is 0 Å². The molecule has 3 aliphatic rings. The number of nitrogens with zero attached hydrogens (tertiary/aromatic N) is 4. The van der Waals surface area contributed by atoms with Gasteiger partial charge in [-0.2, -0.15) is 0 Å². The van der Waals surface area contributed by atoms with E-state index in [4.69, 9.17) is 31.0 Å². The number of hydrogen-bond acceptors (Lipinski definition) is 9. The SMILES string of the molecule is CS[C@H]1CC2(CCN(c3nc(C)c(Sc4ccnc(OC5CC5)c4Cl)nc3CO)CC2)CO1. The molecule has 0 bridgehead atoms. The molecule has 5 rings (SSSR count). The summed E-state index contributed by atoms with van der Waals surface area (Å²) in [5.74, 6) is 1.25. The van der Waals surface area contributed by atoms with Crippen molar-refractivity contribution >= 4 is 40.9 Å². The number of aliphatic hydroxyl groups is 1. The Morgan fingerprint density at radius 2 is 2.09 bits per heavy atom. The average molecular weight is 509 g/mol. The van der Waals surface area contributed by atoms with E-state index in [-0.39, 0.29) is 18.1 Å². The molecular formula is C23H29ClN4O3S2. The Hall–Kier alpha value is -1.26. The fourth-order valence-electron chi connectivity index (χ4n) is 4.43. The first kappa shape index (κ1) is 23.5. The highest BCUT2D eigenvalue weighted by molar-refractivity contribution is 7.99. The van der Waals surface area contributed by atoms with Crippen LogP contribution in [0.15, 0.2) is 22.2 Å². The van der Waals surface area contributed by atoms with Crippen molar-refractivity contribution in [2.75, 3.05) is 30.9 Å². The van der Waals surface area contributed by atoms with Crippen LogP contribution in [-0.2, 0) is 11.3 Å². The summed E-state index contributed by atoms with van der Waals surface area (Å²) < 4.78 is 11.8. The van der Waals surface area contributed by atoms with E-state index in [9.17, 15) is 5.11 Å². The number of halogens is 1. The molecule has 0 aromatic carbocycles. The summed E-state index contributed by atoms with van der Waals surface area (Å²) >= 11 is 9.80. The van der Waals surface area contributed by atoms with E-state index < -0.39 is 0 Å². The number of ether oxygens (including phenoxy) is 2. The number of aryl methyl sites for hydroxylation is 1. The smallest absolute Gasteiger partial charge is 0.234 e. The van der Waals surface area contributed by atoms with Gasteiger partial charge in [-0.05, 0) is 51.3 Å². The summed E-state index contributed by atoms with van der Waals surface area (Å²) in [7, 11) is 0. The molecule has 0 radical (unpaired) electrons. The molecule has 33 heavy (non-hydrogen) atoms. The predicted octanol–water partition coefficient (Wildman–Crippen LogP) is 4.71. The monoisotopic (exact) mass is 508 g/mol. The molecule has 1 saturated carbocycles. The second-order valence-corrected chi connectivity index (χ2v) is 11.5. The molecule has 2 aromatic heterocycles. The molecule has 4 heterocycles. The Balaban J connectivity index is 1.32. The first-order chi connectivity index (χ1) is 16.0. The van der Waals surface area contributed by atoms with Gasteiger partial charge in [-0.3, -0.25) is 0 Å². The van der Waals surface area contributed by atoms with Crippen LogP contribution >= 0.6 is 35.1 Å². The van der Waals surface area contributed by atoms with E-state index in [1.54, 1.807) is 18.0 Å². The van der Waals surface area contributed by atoms with Gasteiger partial charge in [0.2, 0.25) is 5.88 Å². The van der Waals surface area contributed by atoms with Crippen LogP contribution in [0.3, 0.4) is 0 Å². The van der Waals surface area contributed by atoms with Gasteiger partial charge in [0.15, 0.2) is 5.82 Å². The van der Waals surface area contributed by atoms with Crippen molar-refractivity contribution in [1.82, 2.24) is 15.0 Å². The summed E-state index contributed by atoms with van der Waals surface area (Å²) in [6, 6.07) is 1.86. The fraction of sp³-hybridized carbons (Fsp3) is 0.609. The quantitative estimate of drug-likeness (QED) is 0.571.